The summed E-state index contributed by atoms with van der Waals surface area (Å²) in [6.07, 6.45) is 1.69. The smallest absolute Gasteiger partial charge is 0.124 e. The number of nitrogens with one attached hydrogen (secondary N) is 1. The fraction of sp³-hybridized carbons (Fsp3) is 0.412. The summed E-state index contributed by atoms with van der Waals surface area (Å²) in [5.41, 5.74) is 3.22. The minimum atomic E-state index is 0.370. The van der Waals surface area contributed by atoms with E-state index in [9.17, 15) is 0 Å². The molecule has 0 bridgehead atoms. The number of benzene rings is 1. The van der Waals surface area contributed by atoms with Crippen LogP contribution in [0.5, 0.6) is 5.75 Å². The van der Waals surface area contributed by atoms with Crippen LogP contribution in [0.25, 0.3) is 0 Å². The average molecular weight is 308 g/mol. The second-order valence-corrected chi connectivity index (χ2v) is 5.89. The first-order valence-corrected chi connectivity index (χ1v) is 7.53. The maximum absolute atomic E-state index is 6.28. The van der Waals surface area contributed by atoms with Crippen LogP contribution in [0.15, 0.2) is 28.9 Å². The van der Waals surface area contributed by atoms with E-state index >= 15 is 0 Å². The lowest BCUT2D eigenvalue weighted by molar-refractivity contribution is 0.299. The zero-order valence-corrected chi connectivity index (χ0v) is 13.8. The molecular weight excluding hydrogens is 286 g/mol. The van der Waals surface area contributed by atoms with Crippen LogP contribution < -0.4 is 10.1 Å². The SMILES string of the molecule is CNCc1occc1COc1cc(C(C)C)c(Cl)cc1C. The summed E-state index contributed by atoms with van der Waals surface area (Å²) in [6.45, 7) is 7.45. The van der Waals surface area contributed by atoms with Crippen LogP contribution in [0, 0.1) is 6.92 Å². The standard InChI is InChI=1S/C17H22ClNO2/c1-11(2)14-8-16(12(3)7-15(14)18)21-10-13-5-6-20-17(13)9-19-4/h5-8,11,19H,9-10H2,1-4H3. The summed E-state index contributed by atoms with van der Waals surface area (Å²) in [7, 11) is 1.89. The van der Waals surface area contributed by atoms with Crippen molar-refractivity contribution >= 4 is 11.6 Å². The Morgan fingerprint density at radius 1 is 1.33 bits per heavy atom. The van der Waals surface area contributed by atoms with Crippen molar-refractivity contribution < 1.29 is 9.15 Å². The number of ether oxygens (including phenoxy) is 1. The van der Waals surface area contributed by atoms with Gasteiger partial charge in [-0.15, -0.1) is 0 Å². The van der Waals surface area contributed by atoms with Gasteiger partial charge in [0, 0.05) is 10.6 Å². The first-order valence-electron chi connectivity index (χ1n) is 7.15. The predicted octanol–water partition coefficient (Wildman–Crippen LogP) is 4.66. The zero-order chi connectivity index (χ0) is 15.4. The van der Waals surface area contributed by atoms with Crippen LogP contribution in [0.3, 0.4) is 0 Å². The largest absolute Gasteiger partial charge is 0.488 e. The van der Waals surface area contributed by atoms with Gasteiger partial charge in [0.15, 0.2) is 0 Å². The van der Waals surface area contributed by atoms with Gasteiger partial charge in [-0.25, -0.2) is 0 Å². The number of hydrogen-bond donors (Lipinski definition) is 1. The van der Waals surface area contributed by atoms with Gasteiger partial charge in [0.25, 0.3) is 0 Å². The summed E-state index contributed by atoms with van der Waals surface area (Å²) in [5.74, 6) is 2.15. The molecule has 21 heavy (non-hydrogen) atoms. The number of aryl methyl sites for hydroxylation is 1. The molecule has 0 spiro atoms. The Balaban J connectivity index is 2.16. The van der Waals surface area contributed by atoms with Crippen LogP contribution >= 0.6 is 11.6 Å². The molecule has 1 heterocycles. The highest BCUT2D eigenvalue weighted by molar-refractivity contribution is 6.31. The van der Waals surface area contributed by atoms with Crippen molar-refractivity contribution in [2.24, 2.45) is 0 Å². The van der Waals surface area contributed by atoms with E-state index in [1.165, 1.54) is 0 Å². The van der Waals surface area contributed by atoms with E-state index < -0.39 is 0 Å². The topological polar surface area (TPSA) is 34.4 Å². The molecular formula is C17H22ClNO2. The van der Waals surface area contributed by atoms with E-state index in [1.807, 2.05) is 32.2 Å². The molecule has 0 fully saturated rings. The summed E-state index contributed by atoms with van der Waals surface area (Å²) in [4.78, 5) is 0. The molecule has 1 aromatic heterocycles. The molecule has 2 rings (SSSR count). The monoisotopic (exact) mass is 307 g/mol. The van der Waals surface area contributed by atoms with Crippen molar-refractivity contribution in [1.29, 1.82) is 0 Å². The van der Waals surface area contributed by atoms with Crippen LogP contribution in [0.4, 0.5) is 0 Å². The first-order chi connectivity index (χ1) is 10.0. The van der Waals surface area contributed by atoms with Gasteiger partial charge in [0.1, 0.15) is 18.1 Å². The molecule has 1 N–H and O–H groups in total. The summed E-state index contributed by atoms with van der Waals surface area (Å²) in [6, 6.07) is 5.96. The number of furan rings is 1. The molecule has 0 saturated carbocycles. The lowest BCUT2D eigenvalue weighted by Crippen LogP contribution is -2.07. The van der Waals surface area contributed by atoms with Gasteiger partial charge < -0.3 is 14.5 Å². The number of halogens is 1. The average Bonchev–Trinajstić information content (AvgIpc) is 2.85. The van der Waals surface area contributed by atoms with Gasteiger partial charge in [0.05, 0.1) is 12.8 Å². The van der Waals surface area contributed by atoms with Gasteiger partial charge in [-0.3, -0.25) is 0 Å². The normalized spacial score (nSPS) is 11.1. The van der Waals surface area contributed by atoms with Crippen molar-refractivity contribution in [2.75, 3.05) is 7.05 Å². The van der Waals surface area contributed by atoms with Gasteiger partial charge in [-0.1, -0.05) is 25.4 Å². The number of rotatable bonds is 6. The van der Waals surface area contributed by atoms with E-state index in [1.54, 1.807) is 6.26 Å². The molecule has 3 nitrogen and oxygen atoms in total. The van der Waals surface area contributed by atoms with Crippen molar-refractivity contribution in [3.05, 3.63) is 51.9 Å². The molecule has 0 aliphatic rings. The van der Waals surface area contributed by atoms with E-state index in [0.29, 0.717) is 19.1 Å². The van der Waals surface area contributed by atoms with Crippen LogP contribution in [0.1, 0.15) is 42.2 Å². The highest BCUT2D eigenvalue weighted by atomic mass is 35.5. The Morgan fingerprint density at radius 3 is 2.76 bits per heavy atom. The second kappa shape index (κ2) is 7.01. The van der Waals surface area contributed by atoms with E-state index in [2.05, 4.69) is 19.2 Å². The molecule has 0 saturated heterocycles. The molecule has 0 atom stereocenters. The fourth-order valence-electron chi connectivity index (χ4n) is 2.23. The summed E-state index contributed by atoms with van der Waals surface area (Å²) >= 11 is 6.28. The molecule has 1 aromatic carbocycles. The van der Waals surface area contributed by atoms with Crippen molar-refractivity contribution in [2.45, 2.75) is 39.8 Å². The van der Waals surface area contributed by atoms with Crippen LogP contribution in [-0.4, -0.2) is 7.05 Å². The fourth-order valence-corrected chi connectivity index (χ4v) is 2.67. The van der Waals surface area contributed by atoms with Crippen molar-refractivity contribution in [3.63, 3.8) is 0 Å². The minimum absolute atomic E-state index is 0.370. The van der Waals surface area contributed by atoms with Crippen molar-refractivity contribution in [3.8, 4) is 5.75 Å². The van der Waals surface area contributed by atoms with Gasteiger partial charge in [0.2, 0.25) is 0 Å². The van der Waals surface area contributed by atoms with Crippen LogP contribution in [0.2, 0.25) is 5.02 Å². The molecule has 4 heteroatoms. The molecule has 0 unspecified atom stereocenters. The Kier molecular flexibility index (Phi) is 5.32. The molecule has 0 aliphatic heterocycles. The third-order valence-electron chi connectivity index (χ3n) is 3.47. The van der Waals surface area contributed by atoms with E-state index in [4.69, 9.17) is 20.8 Å². The Morgan fingerprint density at radius 2 is 2.10 bits per heavy atom. The van der Waals surface area contributed by atoms with Crippen LogP contribution in [-0.2, 0) is 13.2 Å². The third-order valence-corrected chi connectivity index (χ3v) is 3.80. The maximum Gasteiger partial charge on any atom is 0.124 e. The molecule has 114 valence electrons. The van der Waals surface area contributed by atoms with Gasteiger partial charge in [-0.05, 0) is 49.2 Å². The molecule has 0 radical (unpaired) electrons. The zero-order valence-electron chi connectivity index (χ0n) is 13.0. The first kappa shape index (κ1) is 15.9. The van der Waals surface area contributed by atoms with E-state index in [-0.39, 0.29) is 0 Å². The minimum Gasteiger partial charge on any atom is -0.488 e. The highest BCUT2D eigenvalue weighted by Crippen LogP contribution is 2.32. The Bertz CT molecular complexity index is 605. The third kappa shape index (κ3) is 3.80. The second-order valence-electron chi connectivity index (χ2n) is 5.48. The number of hydrogen-bond acceptors (Lipinski definition) is 3. The van der Waals surface area contributed by atoms with E-state index in [0.717, 1.165) is 33.2 Å². The molecule has 2 aromatic rings. The Labute approximate surface area is 131 Å². The molecule has 0 aliphatic carbocycles. The van der Waals surface area contributed by atoms with Crippen molar-refractivity contribution in [1.82, 2.24) is 5.32 Å². The quantitative estimate of drug-likeness (QED) is 0.842. The lowest BCUT2D eigenvalue weighted by Gasteiger charge is -2.14. The van der Waals surface area contributed by atoms with Gasteiger partial charge >= 0.3 is 0 Å². The molecule has 0 amide bonds. The summed E-state index contributed by atoms with van der Waals surface area (Å²) < 4.78 is 11.4. The lowest BCUT2D eigenvalue weighted by atomic mass is 10.0. The maximum atomic E-state index is 6.28. The summed E-state index contributed by atoms with van der Waals surface area (Å²) in [5, 5.41) is 3.88. The predicted molar refractivity (Wildman–Crippen MR) is 86.1 cm³/mol. The highest BCUT2D eigenvalue weighted by Gasteiger charge is 2.12. The Hall–Kier alpha value is -1.45. The van der Waals surface area contributed by atoms with Gasteiger partial charge in [-0.2, -0.15) is 0 Å².